The second-order valence-electron chi connectivity index (χ2n) is 4.32. The van der Waals surface area contributed by atoms with E-state index in [-0.39, 0.29) is 12.6 Å². The highest BCUT2D eigenvalue weighted by Gasteiger charge is 2.31. The Bertz CT molecular complexity index is 706. The highest BCUT2D eigenvalue weighted by atomic mass is 19.4. The van der Waals surface area contributed by atoms with Crippen molar-refractivity contribution in [1.29, 1.82) is 5.26 Å². The van der Waals surface area contributed by atoms with Gasteiger partial charge in [-0.3, -0.25) is 4.98 Å². The molecular formula is C15H11F3N4O. The minimum Gasteiger partial charge on any atom is -0.425 e. The smallest absolute Gasteiger partial charge is 0.425 e. The minimum absolute atomic E-state index is 0.0159. The van der Waals surface area contributed by atoms with Crippen molar-refractivity contribution in [2.75, 3.05) is 0 Å². The third-order valence-corrected chi connectivity index (χ3v) is 2.64. The zero-order valence-corrected chi connectivity index (χ0v) is 11.7. The number of pyridine rings is 1. The van der Waals surface area contributed by atoms with Crippen LogP contribution in [0.5, 0.6) is 5.75 Å². The molecule has 2 rings (SSSR count). The molecule has 1 N–H and O–H groups in total. The molecule has 118 valence electrons. The molecule has 0 fully saturated rings. The number of amidine groups is 1. The van der Waals surface area contributed by atoms with E-state index in [0.29, 0.717) is 11.3 Å². The van der Waals surface area contributed by atoms with Gasteiger partial charge < -0.3 is 4.74 Å². The third-order valence-electron chi connectivity index (χ3n) is 2.64. The van der Waals surface area contributed by atoms with E-state index in [4.69, 9.17) is 10.00 Å². The van der Waals surface area contributed by atoms with Crippen LogP contribution in [0.4, 0.5) is 13.2 Å². The lowest BCUT2D eigenvalue weighted by Gasteiger charge is -2.07. The van der Waals surface area contributed by atoms with Gasteiger partial charge in [0.2, 0.25) is 0 Å². The largest absolute Gasteiger partial charge is 0.433 e. The van der Waals surface area contributed by atoms with E-state index in [9.17, 15) is 13.2 Å². The monoisotopic (exact) mass is 320 g/mol. The lowest BCUT2D eigenvalue weighted by Crippen LogP contribution is -2.24. The Kier molecular flexibility index (Phi) is 5.15. The normalized spacial score (nSPS) is 11.7. The molecule has 0 amide bonds. The number of nitrogens with one attached hydrogen (secondary N) is 1. The number of aromatic nitrogens is 1. The van der Waals surface area contributed by atoms with Crippen molar-refractivity contribution >= 4 is 6.02 Å². The van der Waals surface area contributed by atoms with E-state index in [1.54, 1.807) is 36.5 Å². The van der Waals surface area contributed by atoms with Crippen LogP contribution in [-0.4, -0.2) is 11.0 Å². The first-order valence-electron chi connectivity index (χ1n) is 6.43. The van der Waals surface area contributed by atoms with Crippen LogP contribution in [0.15, 0.2) is 53.7 Å². The van der Waals surface area contributed by atoms with Crippen molar-refractivity contribution in [3.05, 3.63) is 59.9 Å². The molecule has 0 aliphatic heterocycles. The number of hydrogen-bond donors (Lipinski definition) is 1. The van der Waals surface area contributed by atoms with Gasteiger partial charge in [-0.05, 0) is 23.8 Å². The summed E-state index contributed by atoms with van der Waals surface area (Å²) >= 11 is 0. The van der Waals surface area contributed by atoms with Crippen molar-refractivity contribution in [3.63, 3.8) is 0 Å². The van der Waals surface area contributed by atoms with Crippen LogP contribution in [0.1, 0.15) is 11.3 Å². The predicted molar refractivity (Wildman–Crippen MR) is 76.2 cm³/mol. The van der Waals surface area contributed by atoms with Crippen molar-refractivity contribution in [2.24, 2.45) is 4.99 Å². The van der Waals surface area contributed by atoms with Crippen molar-refractivity contribution < 1.29 is 17.9 Å². The number of para-hydroxylation sites is 1. The van der Waals surface area contributed by atoms with Crippen LogP contribution in [0.3, 0.4) is 0 Å². The van der Waals surface area contributed by atoms with Gasteiger partial charge in [-0.1, -0.05) is 24.3 Å². The minimum atomic E-state index is -4.48. The predicted octanol–water partition coefficient (Wildman–Crippen LogP) is 3.11. The molecule has 0 radical (unpaired) electrons. The number of ether oxygens (including phenoxy) is 1. The summed E-state index contributed by atoms with van der Waals surface area (Å²) in [5.41, 5.74) is -0.520. The molecule has 0 unspecified atom stereocenters. The van der Waals surface area contributed by atoms with Crippen molar-refractivity contribution in [1.82, 2.24) is 10.3 Å². The highest BCUT2D eigenvalue weighted by molar-refractivity contribution is 5.77. The Morgan fingerprint density at radius 3 is 2.52 bits per heavy atom. The van der Waals surface area contributed by atoms with E-state index in [1.807, 2.05) is 0 Å². The van der Waals surface area contributed by atoms with Crippen LogP contribution in [0.2, 0.25) is 0 Å². The molecular weight excluding hydrogens is 309 g/mol. The van der Waals surface area contributed by atoms with Crippen LogP contribution in [0.25, 0.3) is 0 Å². The Morgan fingerprint density at radius 2 is 1.96 bits per heavy atom. The van der Waals surface area contributed by atoms with Gasteiger partial charge in [0.05, 0.1) is 6.54 Å². The molecule has 2 aromatic rings. The zero-order valence-electron chi connectivity index (χ0n) is 11.7. The fraction of sp³-hybridized carbons (Fsp3) is 0.133. The quantitative estimate of drug-likeness (QED) is 0.408. The Labute approximate surface area is 130 Å². The summed E-state index contributed by atoms with van der Waals surface area (Å²) in [6, 6.07) is 10.7. The van der Waals surface area contributed by atoms with Crippen molar-refractivity contribution in [3.8, 4) is 11.9 Å². The van der Waals surface area contributed by atoms with Gasteiger partial charge >= 0.3 is 12.2 Å². The second kappa shape index (κ2) is 7.26. The van der Waals surface area contributed by atoms with Gasteiger partial charge in [0.15, 0.2) is 6.19 Å². The molecule has 0 bridgehead atoms. The molecule has 23 heavy (non-hydrogen) atoms. The van der Waals surface area contributed by atoms with Crippen LogP contribution >= 0.6 is 0 Å². The van der Waals surface area contributed by atoms with E-state index >= 15 is 0 Å². The Hall–Kier alpha value is -3.08. The van der Waals surface area contributed by atoms with Crippen LogP contribution in [-0.2, 0) is 12.7 Å². The Morgan fingerprint density at radius 1 is 1.22 bits per heavy atom. The lowest BCUT2D eigenvalue weighted by molar-refractivity contribution is -0.141. The summed E-state index contributed by atoms with van der Waals surface area (Å²) in [6.07, 6.45) is -1.72. The molecule has 0 atom stereocenters. The first-order valence-corrected chi connectivity index (χ1v) is 6.43. The summed E-state index contributed by atoms with van der Waals surface area (Å²) in [5.74, 6) is 0.472. The molecule has 0 saturated carbocycles. The first kappa shape index (κ1) is 16.3. The maximum absolute atomic E-state index is 12.4. The topological polar surface area (TPSA) is 70.3 Å². The second-order valence-corrected chi connectivity index (χ2v) is 4.32. The summed E-state index contributed by atoms with van der Waals surface area (Å²) in [4.78, 5) is 7.35. The average molecular weight is 320 g/mol. The molecule has 0 saturated heterocycles. The molecule has 1 aromatic carbocycles. The number of hydrogen-bond acceptors (Lipinski definition) is 4. The number of nitriles is 1. The summed E-state index contributed by atoms with van der Waals surface area (Å²) in [6.45, 7) is 0.0159. The third kappa shape index (κ3) is 5.00. The number of halogens is 3. The number of nitrogens with zero attached hydrogens (tertiary/aromatic N) is 3. The van der Waals surface area contributed by atoms with Gasteiger partial charge in [-0.2, -0.15) is 18.4 Å². The van der Waals surface area contributed by atoms with Gasteiger partial charge in [-0.25, -0.2) is 10.3 Å². The molecule has 0 spiro atoms. The molecule has 0 aliphatic carbocycles. The fourth-order valence-corrected chi connectivity index (χ4v) is 1.59. The van der Waals surface area contributed by atoms with E-state index in [1.165, 1.54) is 6.07 Å². The maximum atomic E-state index is 12.4. The van der Waals surface area contributed by atoms with E-state index in [2.05, 4.69) is 15.3 Å². The van der Waals surface area contributed by atoms with Gasteiger partial charge in [0.1, 0.15) is 11.4 Å². The number of rotatable bonds is 3. The van der Waals surface area contributed by atoms with Gasteiger partial charge in [0.25, 0.3) is 0 Å². The van der Waals surface area contributed by atoms with Crippen molar-refractivity contribution in [2.45, 2.75) is 12.7 Å². The van der Waals surface area contributed by atoms with Gasteiger partial charge in [0, 0.05) is 6.20 Å². The standard InChI is InChI=1S/C15H11F3N4O/c16-15(17,18)13-7-6-11(8-20-13)9-21-14(22-10-19)23-12-4-2-1-3-5-12/h1-8H,9H2,(H,21,22). The lowest BCUT2D eigenvalue weighted by atomic mass is 10.2. The molecule has 1 aromatic heterocycles. The Balaban J connectivity index is 2.07. The van der Waals surface area contributed by atoms with Crippen LogP contribution < -0.4 is 10.1 Å². The number of benzene rings is 1. The SMILES string of the molecule is N#CNC(=NCc1ccc(C(F)(F)F)nc1)Oc1ccccc1. The zero-order chi connectivity index (χ0) is 16.7. The number of alkyl halides is 3. The summed E-state index contributed by atoms with van der Waals surface area (Å²) < 4.78 is 42.6. The van der Waals surface area contributed by atoms with Gasteiger partial charge in [-0.15, -0.1) is 0 Å². The molecule has 5 nitrogen and oxygen atoms in total. The summed E-state index contributed by atoms with van der Waals surface area (Å²) in [7, 11) is 0. The van der Waals surface area contributed by atoms with E-state index < -0.39 is 11.9 Å². The number of aliphatic imine (C=N–C) groups is 1. The van der Waals surface area contributed by atoms with E-state index in [0.717, 1.165) is 12.3 Å². The maximum Gasteiger partial charge on any atom is 0.433 e. The highest BCUT2D eigenvalue weighted by Crippen LogP contribution is 2.27. The molecule has 1 heterocycles. The first-order chi connectivity index (χ1) is 11.0. The fourth-order valence-electron chi connectivity index (χ4n) is 1.59. The molecule has 8 heteroatoms. The molecule has 0 aliphatic rings. The summed E-state index contributed by atoms with van der Waals surface area (Å²) in [5, 5.41) is 10.9. The van der Waals surface area contributed by atoms with Crippen LogP contribution in [0, 0.1) is 11.5 Å². The average Bonchev–Trinajstić information content (AvgIpc) is 2.53.